The van der Waals surface area contributed by atoms with E-state index in [-0.39, 0.29) is 18.4 Å². The Morgan fingerprint density at radius 2 is 1.76 bits per heavy atom. The number of halogens is 2. The molecule has 5 rings (SSSR count). The van der Waals surface area contributed by atoms with E-state index in [2.05, 4.69) is 62.2 Å². The van der Waals surface area contributed by atoms with Crippen LogP contribution in [-0.2, 0) is 41.4 Å². The van der Waals surface area contributed by atoms with Crippen molar-refractivity contribution in [1.82, 2.24) is 19.7 Å². The number of para-hydroxylation sites is 1. The second-order valence-electron chi connectivity index (χ2n) is 11.1. The number of hydrogen-bond donors (Lipinski definition) is 1. The van der Waals surface area contributed by atoms with Gasteiger partial charge in [0.25, 0.3) is 0 Å². The SMILES string of the molecule is CCOC(=O)c1c(CCCOc2cccc3ccccc23)c2cccc(-c3c(COC)nn(C)c3CBr)c2n1CCCCNC.Cl. The van der Waals surface area contributed by atoms with Crippen LogP contribution in [0.25, 0.3) is 32.8 Å². The van der Waals surface area contributed by atoms with Gasteiger partial charge in [-0.15, -0.1) is 12.4 Å². The summed E-state index contributed by atoms with van der Waals surface area (Å²) in [7, 11) is 5.61. The van der Waals surface area contributed by atoms with Gasteiger partial charge in [-0.1, -0.05) is 70.5 Å². The highest BCUT2D eigenvalue weighted by molar-refractivity contribution is 9.08. The Labute approximate surface area is 285 Å². The molecule has 0 amide bonds. The second kappa shape index (κ2) is 17.0. The molecule has 0 aliphatic carbocycles. The summed E-state index contributed by atoms with van der Waals surface area (Å²) >= 11 is 3.70. The van der Waals surface area contributed by atoms with E-state index >= 15 is 0 Å². The number of rotatable bonds is 16. The van der Waals surface area contributed by atoms with Gasteiger partial charge in [-0.2, -0.15) is 5.10 Å². The molecule has 246 valence electrons. The Bertz CT molecular complexity index is 1760. The van der Waals surface area contributed by atoms with Crippen molar-refractivity contribution in [3.8, 4) is 16.9 Å². The normalized spacial score (nSPS) is 11.2. The molecule has 2 heterocycles. The van der Waals surface area contributed by atoms with Crippen LogP contribution in [0.4, 0.5) is 0 Å². The van der Waals surface area contributed by atoms with E-state index in [1.165, 1.54) is 0 Å². The van der Waals surface area contributed by atoms with Crippen LogP contribution >= 0.6 is 28.3 Å². The van der Waals surface area contributed by atoms with Crippen LogP contribution in [-0.4, -0.2) is 54.2 Å². The molecule has 0 saturated carbocycles. The maximum atomic E-state index is 13.8. The molecule has 3 aromatic carbocycles. The highest BCUT2D eigenvalue weighted by atomic mass is 79.9. The number of carbonyl (C=O) groups excluding carboxylic acids is 1. The lowest BCUT2D eigenvalue weighted by Gasteiger charge is -2.14. The molecule has 10 heteroatoms. The fourth-order valence-corrected chi connectivity index (χ4v) is 6.88. The van der Waals surface area contributed by atoms with Crippen LogP contribution in [0, 0.1) is 0 Å². The zero-order valence-corrected chi connectivity index (χ0v) is 29.5. The lowest BCUT2D eigenvalue weighted by molar-refractivity contribution is 0.0512. The zero-order valence-electron chi connectivity index (χ0n) is 27.1. The third kappa shape index (κ3) is 7.44. The first-order chi connectivity index (χ1) is 22.0. The molecule has 1 N–H and O–H groups in total. The first-order valence-corrected chi connectivity index (χ1v) is 16.8. The van der Waals surface area contributed by atoms with Crippen LogP contribution in [0.5, 0.6) is 5.75 Å². The van der Waals surface area contributed by atoms with Crippen LogP contribution in [0.15, 0.2) is 60.7 Å². The Balaban J connectivity index is 0.00000480. The van der Waals surface area contributed by atoms with Gasteiger partial charge in [0.05, 0.1) is 36.7 Å². The van der Waals surface area contributed by atoms with E-state index in [9.17, 15) is 4.79 Å². The summed E-state index contributed by atoms with van der Waals surface area (Å²) in [5.41, 5.74) is 6.66. The summed E-state index contributed by atoms with van der Waals surface area (Å²) in [5.74, 6) is 0.583. The Morgan fingerprint density at radius 3 is 2.52 bits per heavy atom. The molecule has 0 unspecified atom stereocenters. The van der Waals surface area contributed by atoms with Crippen molar-refractivity contribution in [1.29, 1.82) is 0 Å². The van der Waals surface area contributed by atoms with Gasteiger partial charge in [0.1, 0.15) is 11.4 Å². The molecular weight excluding hydrogens is 668 g/mol. The van der Waals surface area contributed by atoms with Gasteiger partial charge >= 0.3 is 5.97 Å². The third-order valence-electron chi connectivity index (χ3n) is 8.21. The van der Waals surface area contributed by atoms with Crippen molar-refractivity contribution in [2.75, 3.05) is 33.9 Å². The van der Waals surface area contributed by atoms with Crippen LogP contribution in [0.2, 0.25) is 0 Å². The molecular formula is C36H44BrClN4O4. The summed E-state index contributed by atoms with van der Waals surface area (Å²) in [4.78, 5) is 13.8. The fourth-order valence-electron chi connectivity index (χ4n) is 6.24. The topological polar surface area (TPSA) is 79.5 Å². The average molecular weight is 712 g/mol. The van der Waals surface area contributed by atoms with Gasteiger partial charge in [-0.25, -0.2) is 4.79 Å². The van der Waals surface area contributed by atoms with Gasteiger partial charge in [-0.3, -0.25) is 4.68 Å². The van der Waals surface area contributed by atoms with Crippen molar-refractivity contribution in [2.24, 2.45) is 7.05 Å². The number of unbranched alkanes of at least 4 members (excludes halogenated alkanes) is 1. The first kappa shape index (κ1) is 35.5. The van der Waals surface area contributed by atoms with Crippen LogP contribution in [0.3, 0.4) is 0 Å². The first-order valence-electron chi connectivity index (χ1n) is 15.7. The van der Waals surface area contributed by atoms with Crippen molar-refractivity contribution >= 4 is 56.0 Å². The quantitative estimate of drug-likeness (QED) is 0.0639. The number of benzene rings is 3. The Morgan fingerprint density at radius 1 is 1.00 bits per heavy atom. The number of aromatic nitrogens is 3. The minimum absolute atomic E-state index is 0. The van der Waals surface area contributed by atoms with E-state index in [1.807, 2.05) is 50.0 Å². The van der Waals surface area contributed by atoms with Gasteiger partial charge in [0.15, 0.2) is 0 Å². The minimum atomic E-state index is -0.290. The molecule has 0 aliphatic rings. The van der Waals surface area contributed by atoms with E-state index in [4.69, 9.17) is 19.3 Å². The summed E-state index contributed by atoms with van der Waals surface area (Å²) in [6, 6.07) is 20.7. The largest absolute Gasteiger partial charge is 0.493 e. The van der Waals surface area contributed by atoms with E-state index in [0.717, 1.165) is 81.3 Å². The lowest BCUT2D eigenvalue weighted by Crippen LogP contribution is -2.16. The molecule has 0 spiro atoms. The van der Waals surface area contributed by atoms with E-state index in [0.29, 0.717) is 43.8 Å². The van der Waals surface area contributed by atoms with E-state index < -0.39 is 0 Å². The number of carbonyl (C=O) groups is 1. The molecule has 0 fully saturated rings. The predicted molar refractivity (Wildman–Crippen MR) is 192 cm³/mol. The number of ether oxygens (including phenoxy) is 3. The summed E-state index contributed by atoms with van der Waals surface area (Å²) in [6.45, 7) is 4.69. The maximum absolute atomic E-state index is 13.8. The summed E-state index contributed by atoms with van der Waals surface area (Å²) in [6.07, 6.45) is 3.32. The minimum Gasteiger partial charge on any atom is -0.493 e. The number of hydrogen-bond acceptors (Lipinski definition) is 6. The number of nitrogens with one attached hydrogen (secondary N) is 1. The Hall–Kier alpha value is -3.37. The molecule has 0 aliphatic heterocycles. The molecule has 5 aromatic rings. The third-order valence-corrected chi connectivity index (χ3v) is 8.74. The molecule has 0 bridgehead atoms. The molecule has 0 saturated heterocycles. The number of alkyl halides is 1. The number of fused-ring (bicyclic) bond motifs is 2. The van der Waals surface area contributed by atoms with Gasteiger partial charge < -0.3 is 24.1 Å². The number of esters is 1. The summed E-state index contributed by atoms with van der Waals surface area (Å²) in [5, 5.41) is 12.0. The van der Waals surface area contributed by atoms with Crippen molar-refractivity contribution < 1.29 is 19.0 Å². The molecule has 0 radical (unpaired) electrons. The molecule has 0 atom stereocenters. The van der Waals surface area contributed by atoms with Crippen molar-refractivity contribution in [3.63, 3.8) is 0 Å². The van der Waals surface area contributed by atoms with Gasteiger partial charge in [0, 0.05) is 47.9 Å². The second-order valence-corrected chi connectivity index (χ2v) is 11.7. The smallest absolute Gasteiger partial charge is 0.355 e. The lowest BCUT2D eigenvalue weighted by atomic mass is 9.98. The van der Waals surface area contributed by atoms with Crippen LogP contribution in [0.1, 0.15) is 53.6 Å². The highest BCUT2D eigenvalue weighted by Gasteiger charge is 2.28. The van der Waals surface area contributed by atoms with Crippen molar-refractivity contribution in [2.45, 2.75) is 51.1 Å². The zero-order chi connectivity index (χ0) is 31.8. The summed E-state index contributed by atoms with van der Waals surface area (Å²) < 4.78 is 21.7. The predicted octanol–water partition coefficient (Wildman–Crippen LogP) is 7.85. The van der Waals surface area contributed by atoms with Crippen LogP contribution < -0.4 is 10.1 Å². The number of aryl methyl sites for hydroxylation is 3. The van der Waals surface area contributed by atoms with Crippen molar-refractivity contribution in [3.05, 3.63) is 83.3 Å². The molecule has 46 heavy (non-hydrogen) atoms. The average Bonchev–Trinajstić information content (AvgIpc) is 3.54. The maximum Gasteiger partial charge on any atom is 0.355 e. The fraction of sp³-hybridized carbons (Fsp3) is 0.389. The monoisotopic (exact) mass is 710 g/mol. The van der Waals surface area contributed by atoms with Gasteiger partial charge in [-0.05, 0) is 63.2 Å². The number of nitrogens with zero attached hydrogens (tertiary/aromatic N) is 3. The molecule has 8 nitrogen and oxygen atoms in total. The molecule has 2 aromatic heterocycles. The van der Waals surface area contributed by atoms with Gasteiger partial charge in [0.2, 0.25) is 0 Å². The standard InChI is InChI=1S/C36H43BrN4O4.ClH/c1-5-44-36(42)35-28(18-12-22-45-32-19-10-14-25-13-6-7-15-26(25)32)27-16-11-17-29(34(27)41(35)21-9-8-20-38-2)33-30(24-43-4)39-40(3)31(33)23-37;/h6-7,10-11,13-17,19,38H,5,8-9,12,18,20-24H2,1-4H3;1H. The Kier molecular flexibility index (Phi) is 13.1. The highest BCUT2D eigenvalue weighted by Crippen LogP contribution is 2.39. The van der Waals surface area contributed by atoms with E-state index in [1.54, 1.807) is 7.11 Å². The number of methoxy groups -OCH3 is 1.